The summed E-state index contributed by atoms with van der Waals surface area (Å²) in [7, 11) is 0. The molecule has 0 saturated heterocycles. The van der Waals surface area contributed by atoms with Gasteiger partial charge in [-0.3, -0.25) is 0 Å². The molecule has 3 heteroatoms. The van der Waals surface area contributed by atoms with Crippen molar-refractivity contribution in [3.05, 3.63) is 108 Å². The maximum absolute atomic E-state index is 10.2. The molecule has 1 N–H and O–H groups in total. The zero-order valence-corrected chi connectivity index (χ0v) is 16.2. The molecule has 3 aromatic carbocycles. The average Bonchev–Trinajstić information content (AvgIpc) is 2.76. The molecule has 0 bridgehead atoms. The molecule has 3 aromatic rings. The number of aliphatic hydroxyl groups excluding tert-OH is 1. The van der Waals surface area contributed by atoms with Crippen LogP contribution in [0.15, 0.2) is 91.0 Å². The molecule has 0 amide bonds. The van der Waals surface area contributed by atoms with Crippen molar-refractivity contribution in [2.45, 2.75) is 25.6 Å². The summed E-state index contributed by atoms with van der Waals surface area (Å²) < 4.78 is 6.66. The Morgan fingerprint density at radius 1 is 0.786 bits per heavy atom. The van der Waals surface area contributed by atoms with Crippen LogP contribution in [0.4, 0.5) is 0 Å². The van der Waals surface area contributed by atoms with Crippen LogP contribution in [0.2, 0.25) is 0 Å². The molecule has 0 fully saturated rings. The molecule has 0 heterocycles. The van der Waals surface area contributed by atoms with Crippen LogP contribution in [-0.2, 0) is 10.3 Å². The molecular formula is C25H25NO2. The second kappa shape index (κ2) is 8.39. The number of hydrogen-bond acceptors (Lipinski definition) is 3. The van der Waals surface area contributed by atoms with Crippen molar-refractivity contribution in [2.24, 2.45) is 5.41 Å². The molecule has 0 radical (unpaired) electrons. The van der Waals surface area contributed by atoms with Crippen molar-refractivity contribution in [3.63, 3.8) is 0 Å². The van der Waals surface area contributed by atoms with Gasteiger partial charge in [-0.1, -0.05) is 105 Å². The Hall–Kier alpha value is -2.93. The first-order valence-electron chi connectivity index (χ1n) is 9.39. The van der Waals surface area contributed by atoms with E-state index in [1.54, 1.807) is 0 Å². The van der Waals surface area contributed by atoms with Gasteiger partial charge in [-0.2, -0.15) is 5.26 Å². The van der Waals surface area contributed by atoms with Crippen LogP contribution in [0.5, 0.6) is 0 Å². The SMILES string of the molecule is CC(C)(COC(c1ccccc1)(c1ccccc1)c1ccccc1)[C@H](O)C#N. The topological polar surface area (TPSA) is 53.2 Å². The lowest BCUT2D eigenvalue weighted by atomic mass is 9.79. The maximum atomic E-state index is 10.2. The number of nitriles is 1. The number of ether oxygens (including phenoxy) is 1. The highest BCUT2D eigenvalue weighted by molar-refractivity contribution is 5.47. The molecule has 0 aliphatic rings. The predicted octanol–water partition coefficient (Wildman–Crippen LogP) is 4.91. The largest absolute Gasteiger partial charge is 0.377 e. The lowest BCUT2D eigenvalue weighted by Gasteiger charge is -2.39. The number of aliphatic hydroxyl groups is 1. The Morgan fingerprint density at radius 2 is 1.14 bits per heavy atom. The summed E-state index contributed by atoms with van der Waals surface area (Å²) in [4.78, 5) is 0. The normalized spacial score (nSPS) is 12.9. The van der Waals surface area contributed by atoms with Gasteiger partial charge >= 0.3 is 0 Å². The standard InChI is InChI=1S/C25H25NO2/c1-24(2,23(27)18-26)19-28-25(20-12-6-3-7-13-20,21-14-8-4-9-15-21)22-16-10-5-11-17-22/h3-17,23,27H,19H2,1-2H3/t23-/m1/s1. The number of rotatable bonds is 7. The average molecular weight is 371 g/mol. The van der Waals surface area contributed by atoms with Crippen molar-refractivity contribution in [2.75, 3.05) is 6.61 Å². The van der Waals surface area contributed by atoms with E-state index in [1.807, 2.05) is 111 Å². The summed E-state index contributed by atoms with van der Waals surface area (Å²) >= 11 is 0. The molecular weight excluding hydrogens is 346 g/mol. The lowest BCUT2D eigenvalue weighted by molar-refractivity contribution is -0.0597. The molecule has 3 nitrogen and oxygen atoms in total. The molecule has 0 aromatic heterocycles. The van der Waals surface area contributed by atoms with Crippen LogP contribution in [0, 0.1) is 16.7 Å². The molecule has 0 aliphatic heterocycles. The summed E-state index contributed by atoms with van der Waals surface area (Å²) in [6.45, 7) is 3.89. The third-order valence-electron chi connectivity index (χ3n) is 5.06. The van der Waals surface area contributed by atoms with E-state index in [9.17, 15) is 10.4 Å². The molecule has 142 valence electrons. The second-order valence-corrected chi connectivity index (χ2v) is 7.59. The summed E-state index contributed by atoms with van der Waals surface area (Å²) in [6, 6.07) is 32.1. The molecule has 0 unspecified atom stereocenters. The zero-order valence-electron chi connectivity index (χ0n) is 16.2. The van der Waals surface area contributed by atoms with Gasteiger partial charge in [-0.05, 0) is 16.7 Å². The molecule has 0 spiro atoms. The Balaban J connectivity index is 2.19. The lowest BCUT2D eigenvalue weighted by Crippen LogP contribution is -2.40. The maximum Gasteiger partial charge on any atom is 0.147 e. The highest BCUT2D eigenvalue weighted by atomic mass is 16.5. The number of hydrogen-bond donors (Lipinski definition) is 1. The minimum Gasteiger partial charge on any atom is -0.377 e. The van der Waals surface area contributed by atoms with Crippen molar-refractivity contribution >= 4 is 0 Å². The first kappa shape index (κ1) is 19.8. The van der Waals surface area contributed by atoms with Gasteiger partial charge in [0.2, 0.25) is 0 Å². The molecule has 0 saturated carbocycles. The van der Waals surface area contributed by atoms with Gasteiger partial charge < -0.3 is 9.84 Å². The first-order chi connectivity index (χ1) is 13.5. The second-order valence-electron chi connectivity index (χ2n) is 7.59. The van der Waals surface area contributed by atoms with Crippen molar-refractivity contribution in [3.8, 4) is 6.07 Å². The fourth-order valence-corrected chi connectivity index (χ4v) is 3.32. The van der Waals surface area contributed by atoms with Crippen LogP contribution >= 0.6 is 0 Å². The molecule has 28 heavy (non-hydrogen) atoms. The summed E-state index contributed by atoms with van der Waals surface area (Å²) in [5.74, 6) is 0. The summed E-state index contributed by atoms with van der Waals surface area (Å²) in [5, 5.41) is 19.3. The monoisotopic (exact) mass is 371 g/mol. The zero-order chi connectivity index (χ0) is 20.0. The first-order valence-corrected chi connectivity index (χ1v) is 9.39. The predicted molar refractivity (Wildman–Crippen MR) is 111 cm³/mol. The van der Waals surface area contributed by atoms with Crippen LogP contribution < -0.4 is 0 Å². The summed E-state index contributed by atoms with van der Waals surface area (Å²) in [5.41, 5.74) is 1.41. The highest BCUT2D eigenvalue weighted by Crippen LogP contribution is 2.41. The fraction of sp³-hybridized carbons (Fsp3) is 0.240. The molecule has 1 atom stereocenters. The Kier molecular flexibility index (Phi) is 5.94. The quantitative estimate of drug-likeness (QED) is 0.474. The van der Waals surface area contributed by atoms with Gasteiger partial charge in [-0.25, -0.2) is 0 Å². The van der Waals surface area contributed by atoms with E-state index in [1.165, 1.54) is 0 Å². The van der Waals surface area contributed by atoms with Crippen LogP contribution in [-0.4, -0.2) is 17.8 Å². The van der Waals surface area contributed by atoms with Crippen LogP contribution in [0.25, 0.3) is 0 Å². The van der Waals surface area contributed by atoms with Crippen LogP contribution in [0.3, 0.4) is 0 Å². The van der Waals surface area contributed by atoms with Gasteiger partial charge in [-0.15, -0.1) is 0 Å². The molecule has 0 aliphatic carbocycles. The minimum absolute atomic E-state index is 0.209. The third-order valence-corrected chi connectivity index (χ3v) is 5.06. The van der Waals surface area contributed by atoms with Crippen molar-refractivity contribution < 1.29 is 9.84 Å². The van der Waals surface area contributed by atoms with Gasteiger partial charge in [0.1, 0.15) is 11.7 Å². The van der Waals surface area contributed by atoms with E-state index >= 15 is 0 Å². The van der Waals surface area contributed by atoms with E-state index < -0.39 is 17.1 Å². The Bertz CT molecular complexity index is 818. The van der Waals surface area contributed by atoms with E-state index in [2.05, 4.69) is 0 Å². The smallest absolute Gasteiger partial charge is 0.147 e. The van der Waals surface area contributed by atoms with E-state index in [0.29, 0.717) is 0 Å². The van der Waals surface area contributed by atoms with Gasteiger partial charge in [0.05, 0.1) is 12.7 Å². The van der Waals surface area contributed by atoms with Gasteiger partial charge in [0.15, 0.2) is 0 Å². The van der Waals surface area contributed by atoms with Crippen LogP contribution in [0.1, 0.15) is 30.5 Å². The van der Waals surface area contributed by atoms with E-state index in [0.717, 1.165) is 16.7 Å². The number of nitrogens with zero attached hydrogens (tertiary/aromatic N) is 1. The van der Waals surface area contributed by atoms with Crippen molar-refractivity contribution in [1.29, 1.82) is 5.26 Å². The van der Waals surface area contributed by atoms with E-state index in [4.69, 9.17) is 4.74 Å². The van der Waals surface area contributed by atoms with Gasteiger partial charge in [0.25, 0.3) is 0 Å². The Labute approximate surface area is 166 Å². The summed E-state index contributed by atoms with van der Waals surface area (Å²) in [6.07, 6.45) is -1.12. The third kappa shape index (κ3) is 3.84. The highest BCUT2D eigenvalue weighted by Gasteiger charge is 2.40. The number of benzene rings is 3. The van der Waals surface area contributed by atoms with E-state index in [-0.39, 0.29) is 6.61 Å². The molecule has 3 rings (SSSR count). The Morgan fingerprint density at radius 3 is 1.46 bits per heavy atom. The fourth-order valence-electron chi connectivity index (χ4n) is 3.32. The van der Waals surface area contributed by atoms with Gasteiger partial charge in [0, 0.05) is 5.41 Å². The van der Waals surface area contributed by atoms with Crippen molar-refractivity contribution in [1.82, 2.24) is 0 Å². The minimum atomic E-state index is -1.12.